The van der Waals surface area contributed by atoms with Crippen LogP contribution in [0.1, 0.15) is 23.7 Å². The van der Waals surface area contributed by atoms with Gasteiger partial charge in [-0.1, -0.05) is 0 Å². The van der Waals surface area contributed by atoms with E-state index in [1.54, 1.807) is 24.1 Å². The highest BCUT2D eigenvalue weighted by molar-refractivity contribution is 5.95. The molecule has 0 N–H and O–H groups in total. The van der Waals surface area contributed by atoms with Crippen LogP contribution in [0, 0.1) is 0 Å². The van der Waals surface area contributed by atoms with Crippen LogP contribution < -0.4 is 0 Å². The van der Waals surface area contributed by atoms with E-state index in [4.69, 9.17) is 4.74 Å². The highest BCUT2D eigenvalue weighted by Crippen LogP contribution is 2.01. The largest absolute Gasteiger partial charge is 0.381 e. The third-order valence-electron chi connectivity index (χ3n) is 1.70. The van der Waals surface area contributed by atoms with Crippen LogP contribution in [0.5, 0.6) is 0 Å². The molecule has 0 saturated heterocycles. The van der Waals surface area contributed by atoms with Crippen LogP contribution in [0.2, 0.25) is 0 Å². The second-order valence-corrected chi connectivity index (χ2v) is 2.77. The number of Topliss-reactive ketones (excluding diaryl/α,β-unsaturated/α-hetero) is 1. The predicted molar refractivity (Wildman–Crippen MR) is 48.6 cm³/mol. The second kappa shape index (κ2) is 4.77. The van der Waals surface area contributed by atoms with Crippen molar-refractivity contribution in [1.29, 1.82) is 0 Å². The number of hydrogen-bond donors (Lipinski definition) is 0. The topological polar surface area (TPSA) is 44.1 Å². The van der Waals surface area contributed by atoms with E-state index in [9.17, 15) is 4.79 Å². The molecule has 0 bridgehead atoms. The Bertz CT molecular complexity index is 281. The van der Waals surface area contributed by atoms with E-state index < -0.39 is 0 Å². The van der Waals surface area contributed by atoms with Crippen LogP contribution in [-0.4, -0.2) is 28.8 Å². The van der Waals surface area contributed by atoms with Gasteiger partial charge in [0.05, 0.1) is 18.4 Å². The highest BCUT2D eigenvalue weighted by Gasteiger charge is 2.06. The molecule has 0 atom stereocenters. The van der Waals surface area contributed by atoms with Gasteiger partial charge in [0.2, 0.25) is 0 Å². The molecular formula is C9H14N2O2. The number of aromatic nitrogens is 2. The number of nitrogens with zero attached hydrogens (tertiary/aromatic N) is 2. The van der Waals surface area contributed by atoms with Crippen molar-refractivity contribution in [3.05, 3.63) is 18.0 Å². The normalized spacial score (nSPS) is 10.3. The Labute approximate surface area is 77.5 Å². The maximum absolute atomic E-state index is 11.4. The van der Waals surface area contributed by atoms with Crippen LogP contribution in [0.25, 0.3) is 0 Å². The summed E-state index contributed by atoms with van der Waals surface area (Å²) in [7, 11) is 1.79. The van der Waals surface area contributed by atoms with Crippen LogP contribution in [0.3, 0.4) is 0 Å². The molecule has 0 saturated carbocycles. The van der Waals surface area contributed by atoms with Gasteiger partial charge in [-0.15, -0.1) is 0 Å². The molecule has 0 radical (unpaired) electrons. The van der Waals surface area contributed by atoms with Crippen molar-refractivity contribution in [1.82, 2.24) is 9.78 Å². The van der Waals surface area contributed by atoms with Crippen LogP contribution >= 0.6 is 0 Å². The van der Waals surface area contributed by atoms with Crippen molar-refractivity contribution >= 4 is 5.78 Å². The Balaban J connectivity index is 2.40. The van der Waals surface area contributed by atoms with Gasteiger partial charge in [0.1, 0.15) is 0 Å². The maximum Gasteiger partial charge on any atom is 0.168 e. The van der Waals surface area contributed by atoms with Gasteiger partial charge in [0.25, 0.3) is 0 Å². The molecule has 1 rings (SSSR count). The SMILES string of the molecule is CCOCCC(=O)c1cnn(C)c1. The first-order valence-electron chi connectivity index (χ1n) is 4.33. The third-order valence-corrected chi connectivity index (χ3v) is 1.70. The third kappa shape index (κ3) is 2.99. The van der Waals surface area contributed by atoms with Gasteiger partial charge >= 0.3 is 0 Å². The van der Waals surface area contributed by atoms with E-state index in [-0.39, 0.29) is 5.78 Å². The van der Waals surface area contributed by atoms with E-state index in [0.29, 0.717) is 25.2 Å². The van der Waals surface area contributed by atoms with Crippen molar-refractivity contribution in [2.75, 3.05) is 13.2 Å². The lowest BCUT2D eigenvalue weighted by Crippen LogP contribution is -2.03. The molecule has 4 heteroatoms. The van der Waals surface area contributed by atoms with Gasteiger partial charge in [-0.25, -0.2) is 0 Å². The number of ether oxygens (including phenoxy) is 1. The number of carbonyl (C=O) groups excluding carboxylic acids is 1. The average Bonchev–Trinajstić information content (AvgIpc) is 2.52. The van der Waals surface area contributed by atoms with Gasteiger partial charge in [-0.3, -0.25) is 9.48 Å². The van der Waals surface area contributed by atoms with Crippen molar-refractivity contribution in [2.24, 2.45) is 7.05 Å². The lowest BCUT2D eigenvalue weighted by Gasteiger charge is -1.97. The molecular weight excluding hydrogens is 168 g/mol. The Morgan fingerprint density at radius 3 is 3.00 bits per heavy atom. The van der Waals surface area contributed by atoms with Crippen molar-refractivity contribution in [2.45, 2.75) is 13.3 Å². The van der Waals surface area contributed by atoms with E-state index in [0.717, 1.165) is 0 Å². The molecule has 1 aromatic heterocycles. The molecule has 1 aromatic rings. The van der Waals surface area contributed by atoms with Gasteiger partial charge in [0.15, 0.2) is 5.78 Å². The number of hydrogen-bond acceptors (Lipinski definition) is 3. The van der Waals surface area contributed by atoms with E-state index >= 15 is 0 Å². The Morgan fingerprint density at radius 2 is 2.46 bits per heavy atom. The Hall–Kier alpha value is -1.16. The smallest absolute Gasteiger partial charge is 0.168 e. The molecule has 0 amide bonds. The van der Waals surface area contributed by atoms with E-state index in [1.165, 1.54) is 0 Å². The minimum atomic E-state index is 0.0848. The number of ketones is 1. The number of rotatable bonds is 5. The molecule has 0 unspecified atom stereocenters. The molecule has 0 aliphatic carbocycles. The molecule has 0 aromatic carbocycles. The first kappa shape index (κ1) is 9.92. The fraction of sp³-hybridized carbons (Fsp3) is 0.556. The number of aryl methyl sites for hydroxylation is 1. The van der Waals surface area contributed by atoms with Crippen molar-refractivity contribution in [3.8, 4) is 0 Å². The van der Waals surface area contributed by atoms with Gasteiger partial charge in [0, 0.05) is 26.3 Å². The summed E-state index contributed by atoms with van der Waals surface area (Å²) in [6.45, 7) is 3.05. The molecule has 13 heavy (non-hydrogen) atoms. The lowest BCUT2D eigenvalue weighted by molar-refractivity contribution is 0.0896. The predicted octanol–water partition coefficient (Wildman–Crippen LogP) is 1.03. The summed E-state index contributed by atoms with van der Waals surface area (Å²) in [5, 5.41) is 3.92. The Morgan fingerprint density at radius 1 is 1.69 bits per heavy atom. The Kier molecular flexibility index (Phi) is 3.64. The standard InChI is InChI=1S/C9H14N2O2/c1-3-13-5-4-9(12)8-6-10-11(2)7-8/h6-7H,3-5H2,1-2H3. The summed E-state index contributed by atoms with van der Waals surface area (Å²) >= 11 is 0. The fourth-order valence-corrected chi connectivity index (χ4v) is 1.02. The zero-order valence-electron chi connectivity index (χ0n) is 7.99. The van der Waals surface area contributed by atoms with E-state index in [1.807, 2.05) is 6.92 Å². The van der Waals surface area contributed by atoms with Crippen molar-refractivity contribution in [3.63, 3.8) is 0 Å². The molecule has 4 nitrogen and oxygen atoms in total. The summed E-state index contributed by atoms with van der Waals surface area (Å²) in [6, 6.07) is 0. The van der Waals surface area contributed by atoms with Crippen LogP contribution in [-0.2, 0) is 11.8 Å². The number of carbonyl (C=O) groups is 1. The van der Waals surface area contributed by atoms with Crippen molar-refractivity contribution < 1.29 is 9.53 Å². The zero-order chi connectivity index (χ0) is 9.68. The first-order chi connectivity index (χ1) is 6.24. The van der Waals surface area contributed by atoms with Crippen LogP contribution in [0.15, 0.2) is 12.4 Å². The summed E-state index contributed by atoms with van der Waals surface area (Å²) in [6.07, 6.45) is 3.72. The van der Waals surface area contributed by atoms with Gasteiger partial charge < -0.3 is 4.74 Å². The molecule has 1 heterocycles. The first-order valence-corrected chi connectivity index (χ1v) is 4.33. The summed E-state index contributed by atoms with van der Waals surface area (Å²) in [5.74, 6) is 0.0848. The molecule has 0 aliphatic heterocycles. The van der Waals surface area contributed by atoms with Gasteiger partial charge in [-0.05, 0) is 6.92 Å². The highest BCUT2D eigenvalue weighted by atomic mass is 16.5. The lowest BCUT2D eigenvalue weighted by atomic mass is 10.2. The molecule has 72 valence electrons. The summed E-state index contributed by atoms with van der Waals surface area (Å²) in [4.78, 5) is 11.4. The zero-order valence-corrected chi connectivity index (χ0v) is 7.99. The van der Waals surface area contributed by atoms with Gasteiger partial charge in [-0.2, -0.15) is 5.10 Å². The maximum atomic E-state index is 11.4. The van der Waals surface area contributed by atoms with E-state index in [2.05, 4.69) is 5.10 Å². The molecule has 0 fully saturated rings. The minimum absolute atomic E-state index is 0.0848. The quantitative estimate of drug-likeness (QED) is 0.504. The average molecular weight is 182 g/mol. The summed E-state index contributed by atoms with van der Waals surface area (Å²) < 4.78 is 6.70. The minimum Gasteiger partial charge on any atom is -0.381 e. The summed E-state index contributed by atoms with van der Waals surface area (Å²) in [5.41, 5.74) is 0.655. The molecule has 0 spiro atoms. The fourth-order valence-electron chi connectivity index (χ4n) is 1.02. The molecule has 0 aliphatic rings. The second-order valence-electron chi connectivity index (χ2n) is 2.77. The monoisotopic (exact) mass is 182 g/mol. The van der Waals surface area contributed by atoms with Crippen LogP contribution in [0.4, 0.5) is 0 Å².